The summed E-state index contributed by atoms with van der Waals surface area (Å²) in [6, 6.07) is -0.334. The molecule has 0 aliphatic heterocycles. The van der Waals surface area contributed by atoms with Gasteiger partial charge in [-0.15, -0.1) is 0 Å². The third kappa shape index (κ3) is 6.10. The van der Waals surface area contributed by atoms with E-state index in [-0.39, 0.29) is 18.4 Å². The molecule has 0 heterocycles. The summed E-state index contributed by atoms with van der Waals surface area (Å²) < 4.78 is 0. The largest absolute Gasteiger partial charge is 0.481 e. The van der Waals surface area contributed by atoms with Crippen molar-refractivity contribution in [2.24, 2.45) is 0 Å². The molecule has 0 fully saturated rings. The van der Waals surface area contributed by atoms with Crippen LogP contribution in [0.3, 0.4) is 0 Å². The van der Waals surface area contributed by atoms with Gasteiger partial charge in [-0.1, -0.05) is 0 Å². The second kappa shape index (κ2) is 6.42. The van der Waals surface area contributed by atoms with Gasteiger partial charge in [-0.05, 0) is 13.8 Å². The summed E-state index contributed by atoms with van der Waals surface area (Å²) in [5.41, 5.74) is 0. The maximum atomic E-state index is 11.1. The molecule has 1 amide bonds. The molecule has 0 aliphatic carbocycles. The van der Waals surface area contributed by atoms with Gasteiger partial charge in [-0.2, -0.15) is 0 Å². The van der Waals surface area contributed by atoms with E-state index >= 15 is 0 Å². The number of rotatable bonds is 6. The van der Waals surface area contributed by atoms with Crippen molar-refractivity contribution >= 4 is 11.9 Å². The fourth-order valence-corrected chi connectivity index (χ4v) is 0.816. The Balaban J connectivity index is 3.55. The Morgan fingerprint density at radius 3 is 2.54 bits per heavy atom. The molecule has 0 spiro atoms. The van der Waals surface area contributed by atoms with Crippen molar-refractivity contribution in [3.05, 3.63) is 0 Å². The van der Waals surface area contributed by atoms with Gasteiger partial charge in [-0.3, -0.25) is 9.59 Å². The minimum absolute atomic E-state index is 0.0315. The summed E-state index contributed by atoms with van der Waals surface area (Å²) in [4.78, 5) is 21.2. The van der Waals surface area contributed by atoms with E-state index in [2.05, 4.69) is 10.6 Å². The highest BCUT2D eigenvalue weighted by molar-refractivity contribution is 5.81. The molecule has 0 aromatic rings. The van der Waals surface area contributed by atoms with Gasteiger partial charge in [-0.25, -0.2) is 0 Å². The molecule has 0 aliphatic rings. The minimum Gasteiger partial charge on any atom is -0.481 e. The van der Waals surface area contributed by atoms with Crippen LogP contribution in [0.5, 0.6) is 0 Å². The van der Waals surface area contributed by atoms with Crippen LogP contribution in [0, 0.1) is 0 Å². The first-order valence-corrected chi connectivity index (χ1v) is 4.30. The third-order valence-electron chi connectivity index (χ3n) is 1.53. The molecule has 1 unspecified atom stereocenters. The number of amides is 1. The molecule has 5 nitrogen and oxygen atoms in total. The number of carbonyl (C=O) groups excluding carboxylic acids is 1. The normalized spacial score (nSPS) is 12.2. The van der Waals surface area contributed by atoms with Gasteiger partial charge in [0.2, 0.25) is 5.91 Å². The first kappa shape index (κ1) is 11.9. The summed E-state index contributed by atoms with van der Waals surface area (Å²) in [6.07, 6.45) is 0.0315. The number of hydrogen-bond donors (Lipinski definition) is 3. The standard InChI is InChI=1S/C8H16N2O3/c1-3-9-8(13)6(2)10-5-4-7(11)12/h6,10H,3-5H2,1-2H3,(H,9,13)(H,11,12). The minimum atomic E-state index is -0.865. The third-order valence-corrected chi connectivity index (χ3v) is 1.53. The summed E-state index contributed by atoms with van der Waals surface area (Å²) in [6.45, 7) is 4.44. The van der Waals surface area contributed by atoms with Crippen LogP contribution in [0.2, 0.25) is 0 Å². The number of carboxylic acids is 1. The van der Waals surface area contributed by atoms with Gasteiger partial charge in [0.1, 0.15) is 0 Å². The second-order valence-corrected chi connectivity index (χ2v) is 2.71. The highest BCUT2D eigenvalue weighted by Crippen LogP contribution is 1.83. The molecule has 3 N–H and O–H groups in total. The lowest BCUT2D eigenvalue weighted by Crippen LogP contribution is -2.42. The Morgan fingerprint density at radius 1 is 1.46 bits per heavy atom. The predicted octanol–water partition coefficient (Wildman–Crippen LogP) is -0.425. The summed E-state index contributed by atoms with van der Waals surface area (Å²) in [5, 5.41) is 13.8. The van der Waals surface area contributed by atoms with E-state index in [1.54, 1.807) is 6.92 Å². The van der Waals surface area contributed by atoms with Crippen LogP contribution in [0.15, 0.2) is 0 Å². The Bertz CT molecular complexity index is 182. The fourth-order valence-electron chi connectivity index (χ4n) is 0.816. The first-order valence-electron chi connectivity index (χ1n) is 4.30. The van der Waals surface area contributed by atoms with Crippen molar-refractivity contribution in [1.29, 1.82) is 0 Å². The molecule has 76 valence electrons. The van der Waals surface area contributed by atoms with E-state index in [4.69, 9.17) is 5.11 Å². The Hall–Kier alpha value is -1.10. The van der Waals surface area contributed by atoms with E-state index in [1.165, 1.54) is 0 Å². The maximum Gasteiger partial charge on any atom is 0.304 e. The average Bonchev–Trinajstić information content (AvgIpc) is 2.04. The second-order valence-electron chi connectivity index (χ2n) is 2.71. The molecule has 0 aromatic carbocycles. The van der Waals surface area contributed by atoms with Gasteiger partial charge >= 0.3 is 5.97 Å². The van der Waals surface area contributed by atoms with E-state index in [1.807, 2.05) is 6.92 Å². The Labute approximate surface area is 77.5 Å². The van der Waals surface area contributed by atoms with E-state index < -0.39 is 5.97 Å². The number of carbonyl (C=O) groups is 2. The zero-order valence-electron chi connectivity index (χ0n) is 7.96. The number of likely N-dealkylation sites (N-methyl/N-ethyl adjacent to an activating group) is 1. The lowest BCUT2D eigenvalue weighted by Gasteiger charge is -2.11. The van der Waals surface area contributed by atoms with Gasteiger partial charge in [0.25, 0.3) is 0 Å². The van der Waals surface area contributed by atoms with Crippen molar-refractivity contribution in [3.63, 3.8) is 0 Å². The van der Waals surface area contributed by atoms with Crippen molar-refractivity contribution < 1.29 is 14.7 Å². The van der Waals surface area contributed by atoms with E-state index in [0.29, 0.717) is 13.1 Å². The lowest BCUT2D eigenvalue weighted by molar-refractivity contribution is -0.137. The molecule has 13 heavy (non-hydrogen) atoms. The highest BCUT2D eigenvalue weighted by atomic mass is 16.4. The van der Waals surface area contributed by atoms with Gasteiger partial charge in [0.05, 0.1) is 12.5 Å². The molecule has 0 aromatic heterocycles. The summed E-state index contributed by atoms with van der Waals surface area (Å²) in [5.74, 6) is -0.969. The van der Waals surface area contributed by atoms with Crippen LogP contribution in [0.25, 0.3) is 0 Å². The van der Waals surface area contributed by atoms with Crippen LogP contribution < -0.4 is 10.6 Å². The lowest BCUT2D eigenvalue weighted by atomic mass is 10.3. The van der Waals surface area contributed by atoms with Crippen LogP contribution in [0.1, 0.15) is 20.3 Å². The van der Waals surface area contributed by atoms with Crippen molar-refractivity contribution in [1.82, 2.24) is 10.6 Å². The van der Waals surface area contributed by atoms with Crippen LogP contribution in [-0.2, 0) is 9.59 Å². The summed E-state index contributed by atoms with van der Waals surface area (Å²) >= 11 is 0. The van der Waals surface area contributed by atoms with E-state index in [0.717, 1.165) is 0 Å². The topological polar surface area (TPSA) is 78.4 Å². The van der Waals surface area contributed by atoms with Gasteiger partial charge in [0, 0.05) is 13.1 Å². The highest BCUT2D eigenvalue weighted by Gasteiger charge is 2.10. The fraction of sp³-hybridized carbons (Fsp3) is 0.750. The molecule has 5 heteroatoms. The Kier molecular flexibility index (Phi) is 5.88. The molecule has 0 saturated carbocycles. The number of carboxylic acid groups (broad SMARTS) is 1. The number of aliphatic carboxylic acids is 1. The van der Waals surface area contributed by atoms with Crippen LogP contribution in [-0.4, -0.2) is 36.1 Å². The molecular formula is C8H16N2O3. The number of hydrogen-bond acceptors (Lipinski definition) is 3. The van der Waals surface area contributed by atoms with Crippen LogP contribution in [0.4, 0.5) is 0 Å². The van der Waals surface area contributed by atoms with Gasteiger partial charge in [0.15, 0.2) is 0 Å². The molecule has 0 saturated heterocycles. The zero-order chi connectivity index (χ0) is 10.3. The smallest absolute Gasteiger partial charge is 0.304 e. The molecule has 0 bridgehead atoms. The summed E-state index contributed by atoms with van der Waals surface area (Å²) in [7, 11) is 0. The van der Waals surface area contributed by atoms with Crippen molar-refractivity contribution in [2.45, 2.75) is 26.3 Å². The molecule has 1 atom stereocenters. The quantitative estimate of drug-likeness (QED) is 0.529. The zero-order valence-corrected chi connectivity index (χ0v) is 7.96. The molecule has 0 rings (SSSR count). The van der Waals surface area contributed by atoms with Crippen molar-refractivity contribution in [2.75, 3.05) is 13.1 Å². The maximum absolute atomic E-state index is 11.1. The average molecular weight is 188 g/mol. The van der Waals surface area contributed by atoms with E-state index in [9.17, 15) is 9.59 Å². The van der Waals surface area contributed by atoms with Crippen molar-refractivity contribution in [3.8, 4) is 0 Å². The number of nitrogens with one attached hydrogen (secondary N) is 2. The first-order chi connectivity index (χ1) is 6.07. The van der Waals surface area contributed by atoms with Crippen LogP contribution >= 0.6 is 0 Å². The Morgan fingerprint density at radius 2 is 2.08 bits per heavy atom. The van der Waals surface area contributed by atoms with Gasteiger partial charge < -0.3 is 15.7 Å². The molecular weight excluding hydrogens is 172 g/mol. The monoisotopic (exact) mass is 188 g/mol. The SMILES string of the molecule is CCNC(=O)C(C)NCCC(=O)O. The predicted molar refractivity (Wildman–Crippen MR) is 48.4 cm³/mol. The molecule has 0 radical (unpaired) electrons.